The highest BCUT2D eigenvalue weighted by molar-refractivity contribution is 5.67. The fourth-order valence-corrected chi connectivity index (χ4v) is 1.58. The molecule has 0 heterocycles. The molecule has 0 aliphatic carbocycles. The molecule has 0 fully saturated rings. The van der Waals surface area contributed by atoms with Gasteiger partial charge in [-0.15, -0.1) is 0 Å². The number of hydrogen-bond donors (Lipinski definition) is 1. The first-order chi connectivity index (χ1) is 7.64. The monoisotopic (exact) mass is 229 g/mol. The Balaban J connectivity index is 3.95. The smallest absolute Gasteiger partial charge is 0.407 e. The van der Waals surface area contributed by atoms with E-state index >= 15 is 0 Å². The summed E-state index contributed by atoms with van der Waals surface area (Å²) in [5.74, 6) is 0. The predicted octanol–water partition coefficient (Wildman–Crippen LogP) is 2.66. The van der Waals surface area contributed by atoms with E-state index in [0.29, 0.717) is 19.4 Å². The summed E-state index contributed by atoms with van der Waals surface area (Å²) in [6, 6.07) is 0. The Labute approximate surface area is 97.7 Å². The number of carbonyl (C=O) groups excluding carboxylic acids is 2. The molecule has 0 atom stereocenters. The molecule has 0 aromatic heterocycles. The van der Waals surface area contributed by atoms with E-state index in [1.165, 1.54) is 0 Å². The molecule has 0 saturated heterocycles. The Hall–Kier alpha value is -1.06. The molecule has 0 unspecified atom stereocenters. The Kier molecular flexibility index (Phi) is 7.60. The number of rotatable bonds is 8. The molecule has 0 aliphatic heterocycles. The second kappa shape index (κ2) is 8.13. The number of ether oxygens (including phenoxy) is 1. The van der Waals surface area contributed by atoms with Crippen molar-refractivity contribution < 1.29 is 14.3 Å². The second-order valence-electron chi connectivity index (χ2n) is 3.87. The Morgan fingerprint density at radius 2 is 1.81 bits per heavy atom. The van der Waals surface area contributed by atoms with Crippen LogP contribution in [0.1, 0.15) is 52.9 Å². The molecule has 0 spiro atoms. The van der Waals surface area contributed by atoms with E-state index in [-0.39, 0.29) is 11.7 Å². The van der Waals surface area contributed by atoms with Gasteiger partial charge in [-0.25, -0.2) is 4.79 Å². The molecular weight excluding hydrogens is 206 g/mol. The third-order valence-electron chi connectivity index (χ3n) is 3.01. The van der Waals surface area contributed by atoms with Crippen molar-refractivity contribution in [1.82, 2.24) is 5.32 Å². The van der Waals surface area contributed by atoms with Crippen molar-refractivity contribution in [1.29, 1.82) is 0 Å². The average molecular weight is 229 g/mol. The number of alkyl carbamates (subject to hydrolysis) is 1. The molecule has 94 valence electrons. The number of unbranched alkanes of at least 4 members (excludes halogenated alkanes) is 1. The number of aldehydes is 1. The Morgan fingerprint density at radius 3 is 2.25 bits per heavy atom. The lowest BCUT2D eigenvalue weighted by Gasteiger charge is -2.30. The van der Waals surface area contributed by atoms with Crippen LogP contribution in [-0.4, -0.2) is 24.5 Å². The molecule has 16 heavy (non-hydrogen) atoms. The van der Waals surface area contributed by atoms with Crippen molar-refractivity contribution in [2.45, 2.75) is 58.5 Å². The van der Waals surface area contributed by atoms with E-state index in [1.807, 2.05) is 20.8 Å². The van der Waals surface area contributed by atoms with Gasteiger partial charge in [0.25, 0.3) is 0 Å². The lowest BCUT2D eigenvalue weighted by atomic mass is 9.94. The summed E-state index contributed by atoms with van der Waals surface area (Å²) in [4.78, 5) is 21.6. The molecule has 0 radical (unpaired) electrons. The summed E-state index contributed by atoms with van der Waals surface area (Å²) in [6.45, 7) is 6.55. The molecule has 1 amide bonds. The zero-order valence-electron chi connectivity index (χ0n) is 10.5. The van der Waals surface area contributed by atoms with E-state index in [0.717, 1.165) is 25.5 Å². The van der Waals surface area contributed by atoms with Gasteiger partial charge in [0, 0.05) is 13.0 Å². The van der Waals surface area contributed by atoms with E-state index in [4.69, 9.17) is 4.74 Å². The number of hydrogen-bond acceptors (Lipinski definition) is 3. The fraction of sp³-hybridized carbons (Fsp3) is 0.833. The van der Waals surface area contributed by atoms with Gasteiger partial charge >= 0.3 is 6.09 Å². The molecule has 4 nitrogen and oxygen atoms in total. The first-order valence-corrected chi connectivity index (χ1v) is 6.04. The number of carbonyl (C=O) groups is 2. The van der Waals surface area contributed by atoms with Crippen LogP contribution in [0.15, 0.2) is 0 Å². The largest absolute Gasteiger partial charge is 0.443 e. The summed E-state index contributed by atoms with van der Waals surface area (Å²) in [7, 11) is 0. The maximum atomic E-state index is 11.5. The molecular formula is C12H23NO3. The maximum Gasteiger partial charge on any atom is 0.407 e. The minimum Gasteiger partial charge on any atom is -0.443 e. The van der Waals surface area contributed by atoms with Crippen molar-refractivity contribution in [3.63, 3.8) is 0 Å². The van der Waals surface area contributed by atoms with Crippen molar-refractivity contribution in [3.8, 4) is 0 Å². The van der Waals surface area contributed by atoms with E-state index in [9.17, 15) is 9.59 Å². The summed E-state index contributed by atoms with van der Waals surface area (Å²) in [6.07, 6.45) is 4.07. The zero-order valence-corrected chi connectivity index (χ0v) is 10.5. The second-order valence-corrected chi connectivity index (χ2v) is 3.87. The van der Waals surface area contributed by atoms with Crippen LogP contribution in [0, 0.1) is 0 Å². The number of nitrogens with one attached hydrogen (secondary N) is 1. The van der Waals surface area contributed by atoms with Crippen LogP contribution in [0.25, 0.3) is 0 Å². The maximum absolute atomic E-state index is 11.5. The van der Waals surface area contributed by atoms with Crippen LogP contribution in [0.4, 0.5) is 4.79 Å². The summed E-state index contributed by atoms with van der Waals surface area (Å²) >= 11 is 0. The molecule has 0 aromatic carbocycles. The van der Waals surface area contributed by atoms with Gasteiger partial charge in [-0.1, -0.05) is 20.8 Å². The van der Waals surface area contributed by atoms with Crippen LogP contribution >= 0.6 is 0 Å². The summed E-state index contributed by atoms with van der Waals surface area (Å²) in [5.41, 5.74) is -0.339. The van der Waals surface area contributed by atoms with E-state index in [2.05, 4.69) is 5.32 Å². The Morgan fingerprint density at radius 1 is 1.25 bits per heavy atom. The molecule has 0 bridgehead atoms. The van der Waals surface area contributed by atoms with Crippen molar-refractivity contribution >= 4 is 12.4 Å². The number of amides is 1. The molecule has 4 heteroatoms. The topological polar surface area (TPSA) is 55.4 Å². The van der Waals surface area contributed by atoms with Gasteiger partial charge < -0.3 is 14.8 Å². The van der Waals surface area contributed by atoms with Gasteiger partial charge in [0.2, 0.25) is 0 Å². The summed E-state index contributed by atoms with van der Waals surface area (Å²) < 4.78 is 5.43. The molecule has 0 aromatic rings. The van der Waals surface area contributed by atoms with E-state index in [1.54, 1.807) is 0 Å². The van der Waals surface area contributed by atoms with Crippen molar-refractivity contribution in [2.75, 3.05) is 6.54 Å². The minimum absolute atomic E-state index is 0.339. The average Bonchev–Trinajstić information content (AvgIpc) is 2.32. The standard InChI is InChI=1S/C12H23NO3/c1-4-12(5-2,6-3)16-11(15)13-9-7-8-10-14/h10H,4-9H2,1-3H3,(H,13,15). The minimum atomic E-state index is -0.378. The quantitative estimate of drug-likeness (QED) is 0.514. The molecule has 0 aliphatic rings. The van der Waals surface area contributed by atoms with Crippen molar-refractivity contribution in [3.05, 3.63) is 0 Å². The van der Waals surface area contributed by atoms with Crippen LogP contribution in [0.3, 0.4) is 0 Å². The van der Waals surface area contributed by atoms with Crippen LogP contribution in [-0.2, 0) is 9.53 Å². The third-order valence-corrected chi connectivity index (χ3v) is 3.01. The lowest BCUT2D eigenvalue weighted by molar-refractivity contribution is -0.107. The molecule has 0 saturated carbocycles. The van der Waals surface area contributed by atoms with Gasteiger partial charge in [-0.3, -0.25) is 0 Å². The highest BCUT2D eigenvalue weighted by Gasteiger charge is 2.28. The summed E-state index contributed by atoms with van der Waals surface area (Å²) in [5, 5.41) is 2.66. The third kappa shape index (κ3) is 5.14. The van der Waals surface area contributed by atoms with Gasteiger partial charge in [0.1, 0.15) is 11.9 Å². The van der Waals surface area contributed by atoms with Crippen LogP contribution < -0.4 is 5.32 Å². The van der Waals surface area contributed by atoms with Gasteiger partial charge in [-0.05, 0) is 25.7 Å². The van der Waals surface area contributed by atoms with Gasteiger partial charge in [0.15, 0.2) is 0 Å². The van der Waals surface area contributed by atoms with Gasteiger partial charge in [-0.2, -0.15) is 0 Å². The Bertz CT molecular complexity index is 204. The predicted molar refractivity (Wildman–Crippen MR) is 63.4 cm³/mol. The first kappa shape index (κ1) is 14.9. The molecule has 0 rings (SSSR count). The fourth-order valence-electron chi connectivity index (χ4n) is 1.58. The zero-order chi connectivity index (χ0) is 12.4. The normalized spacial score (nSPS) is 10.9. The van der Waals surface area contributed by atoms with Crippen LogP contribution in [0.2, 0.25) is 0 Å². The highest BCUT2D eigenvalue weighted by Crippen LogP contribution is 2.24. The van der Waals surface area contributed by atoms with E-state index < -0.39 is 0 Å². The lowest BCUT2D eigenvalue weighted by Crippen LogP contribution is -2.38. The van der Waals surface area contributed by atoms with Crippen LogP contribution in [0.5, 0.6) is 0 Å². The highest BCUT2D eigenvalue weighted by atomic mass is 16.6. The van der Waals surface area contributed by atoms with Crippen molar-refractivity contribution in [2.24, 2.45) is 0 Å². The SMILES string of the molecule is CCC(CC)(CC)OC(=O)NCCCC=O. The molecule has 1 N–H and O–H groups in total. The van der Waals surface area contributed by atoms with Gasteiger partial charge in [0.05, 0.1) is 0 Å². The first-order valence-electron chi connectivity index (χ1n) is 6.04.